The van der Waals surface area contributed by atoms with Crippen molar-refractivity contribution in [2.45, 2.75) is 25.9 Å². The molecule has 104 valence electrons. The molecule has 0 aliphatic rings. The Morgan fingerprint density at radius 1 is 1.10 bits per heavy atom. The van der Waals surface area contributed by atoms with Crippen LogP contribution in [0.5, 0.6) is 5.75 Å². The summed E-state index contributed by atoms with van der Waals surface area (Å²) in [6, 6.07) is 16.7. The molecule has 0 radical (unpaired) electrons. The van der Waals surface area contributed by atoms with E-state index >= 15 is 0 Å². The number of carboxylic acid groups (broad SMARTS) is 1. The molecule has 0 heterocycles. The first-order chi connectivity index (χ1) is 9.65. The number of rotatable bonds is 6. The number of hydrogen-bond donors (Lipinski definition) is 1. The maximum absolute atomic E-state index is 10.8. The van der Waals surface area contributed by atoms with Crippen molar-refractivity contribution in [3.63, 3.8) is 0 Å². The summed E-state index contributed by atoms with van der Waals surface area (Å²) < 4.78 is 5.80. The van der Waals surface area contributed by atoms with Crippen molar-refractivity contribution in [1.82, 2.24) is 0 Å². The van der Waals surface area contributed by atoms with Gasteiger partial charge in [-0.05, 0) is 49.6 Å². The van der Waals surface area contributed by atoms with E-state index in [4.69, 9.17) is 9.84 Å². The highest BCUT2D eigenvalue weighted by Gasteiger charge is 2.06. The van der Waals surface area contributed by atoms with Gasteiger partial charge < -0.3 is 9.84 Å². The van der Waals surface area contributed by atoms with E-state index < -0.39 is 5.97 Å². The molecule has 0 fully saturated rings. The minimum Gasteiger partial charge on any atom is -0.491 e. The van der Waals surface area contributed by atoms with Gasteiger partial charge in [-0.2, -0.15) is 0 Å². The largest absolute Gasteiger partial charge is 0.491 e. The molecule has 1 atom stereocenters. The number of benzene rings is 2. The van der Waals surface area contributed by atoms with Gasteiger partial charge in [0.1, 0.15) is 5.75 Å². The van der Waals surface area contributed by atoms with Gasteiger partial charge in [0, 0.05) is 0 Å². The van der Waals surface area contributed by atoms with E-state index in [-0.39, 0.29) is 6.10 Å². The molecule has 0 aliphatic heterocycles. The molecule has 0 amide bonds. The Bertz CT molecular complexity index is 546. The highest BCUT2D eigenvalue weighted by atomic mass is 16.5. The number of aryl methyl sites for hydroxylation is 1. The zero-order chi connectivity index (χ0) is 14.4. The number of ether oxygens (including phenoxy) is 1. The molecule has 2 aromatic rings. The molecule has 1 unspecified atom stereocenters. The lowest BCUT2D eigenvalue weighted by atomic mass is 10.1. The van der Waals surface area contributed by atoms with Crippen molar-refractivity contribution in [2.75, 3.05) is 0 Å². The predicted molar refractivity (Wildman–Crippen MR) is 78.3 cm³/mol. The molecule has 0 aromatic heterocycles. The Morgan fingerprint density at radius 3 is 2.35 bits per heavy atom. The van der Waals surface area contributed by atoms with Crippen LogP contribution in [-0.4, -0.2) is 17.2 Å². The zero-order valence-corrected chi connectivity index (χ0v) is 11.5. The fourth-order valence-corrected chi connectivity index (χ4v) is 1.97. The summed E-state index contributed by atoms with van der Waals surface area (Å²) in [6.45, 7) is 2.04. The Kier molecular flexibility index (Phi) is 4.77. The Morgan fingerprint density at radius 2 is 1.75 bits per heavy atom. The summed E-state index contributed by atoms with van der Waals surface area (Å²) in [5, 5.41) is 8.84. The van der Waals surface area contributed by atoms with Crippen LogP contribution < -0.4 is 4.74 Å². The summed E-state index contributed by atoms with van der Waals surface area (Å²) in [7, 11) is 0. The Labute approximate surface area is 118 Å². The summed E-state index contributed by atoms with van der Waals surface area (Å²) in [5.41, 5.74) is 1.45. The third-order valence-corrected chi connectivity index (χ3v) is 3.12. The predicted octanol–water partition coefficient (Wildman–Crippen LogP) is 3.78. The van der Waals surface area contributed by atoms with Gasteiger partial charge >= 0.3 is 5.97 Å². The van der Waals surface area contributed by atoms with Gasteiger partial charge in [0.15, 0.2) is 0 Å². The highest BCUT2D eigenvalue weighted by molar-refractivity contribution is 5.87. The van der Waals surface area contributed by atoms with Gasteiger partial charge in [0.2, 0.25) is 0 Å². The van der Waals surface area contributed by atoms with Gasteiger partial charge in [0.25, 0.3) is 0 Å². The van der Waals surface area contributed by atoms with Gasteiger partial charge in [-0.15, -0.1) is 0 Å². The maximum atomic E-state index is 10.8. The van der Waals surface area contributed by atoms with E-state index in [0.29, 0.717) is 5.56 Å². The normalized spacial score (nSPS) is 11.8. The Balaban J connectivity index is 1.84. The molecule has 0 saturated heterocycles. The van der Waals surface area contributed by atoms with Crippen LogP contribution in [0.25, 0.3) is 0 Å². The van der Waals surface area contributed by atoms with E-state index in [1.54, 1.807) is 12.1 Å². The third-order valence-electron chi connectivity index (χ3n) is 3.12. The first-order valence-corrected chi connectivity index (χ1v) is 6.69. The molecule has 0 saturated carbocycles. The van der Waals surface area contributed by atoms with Crippen molar-refractivity contribution < 1.29 is 14.6 Å². The van der Waals surface area contributed by atoms with Crippen molar-refractivity contribution in [3.8, 4) is 5.75 Å². The molecule has 2 rings (SSSR count). The van der Waals surface area contributed by atoms with Crippen LogP contribution in [-0.2, 0) is 6.42 Å². The van der Waals surface area contributed by atoms with Crippen molar-refractivity contribution in [3.05, 3.63) is 65.7 Å². The summed E-state index contributed by atoms with van der Waals surface area (Å²) >= 11 is 0. The first kappa shape index (κ1) is 14.1. The second kappa shape index (κ2) is 6.75. The van der Waals surface area contributed by atoms with Gasteiger partial charge in [-0.3, -0.25) is 0 Å². The monoisotopic (exact) mass is 270 g/mol. The summed E-state index contributed by atoms with van der Waals surface area (Å²) in [6.07, 6.45) is 1.88. The SMILES string of the molecule is CC(CCc1ccc(C(=O)O)cc1)Oc1ccccc1. The molecule has 0 spiro atoms. The minimum atomic E-state index is -0.891. The van der Waals surface area contributed by atoms with E-state index in [1.165, 1.54) is 0 Å². The summed E-state index contributed by atoms with van der Waals surface area (Å²) in [5.74, 6) is -0.0152. The van der Waals surface area contributed by atoms with E-state index in [0.717, 1.165) is 24.2 Å². The molecule has 3 heteroatoms. The van der Waals surface area contributed by atoms with Crippen LogP contribution in [0.3, 0.4) is 0 Å². The lowest BCUT2D eigenvalue weighted by molar-refractivity contribution is 0.0697. The fraction of sp³-hybridized carbons (Fsp3) is 0.235. The smallest absolute Gasteiger partial charge is 0.335 e. The van der Waals surface area contributed by atoms with Crippen molar-refractivity contribution in [1.29, 1.82) is 0 Å². The molecule has 0 aliphatic carbocycles. The summed E-state index contributed by atoms with van der Waals surface area (Å²) in [4.78, 5) is 10.8. The lowest BCUT2D eigenvalue weighted by Crippen LogP contribution is -2.12. The number of hydrogen-bond acceptors (Lipinski definition) is 2. The molecule has 0 bridgehead atoms. The van der Waals surface area contributed by atoms with Gasteiger partial charge in [0.05, 0.1) is 11.7 Å². The minimum absolute atomic E-state index is 0.122. The standard InChI is InChI=1S/C17H18O3/c1-13(20-16-5-3-2-4-6-16)7-8-14-9-11-15(12-10-14)17(18)19/h2-6,9-13H,7-8H2,1H3,(H,18,19). The topological polar surface area (TPSA) is 46.5 Å². The quantitative estimate of drug-likeness (QED) is 0.868. The second-order valence-electron chi connectivity index (χ2n) is 4.78. The zero-order valence-electron chi connectivity index (χ0n) is 11.5. The number of para-hydroxylation sites is 1. The third kappa shape index (κ3) is 4.12. The number of aromatic carboxylic acids is 1. The average molecular weight is 270 g/mol. The van der Waals surface area contributed by atoms with Crippen molar-refractivity contribution >= 4 is 5.97 Å². The van der Waals surface area contributed by atoms with Gasteiger partial charge in [-0.1, -0.05) is 30.3 Å². The molecule has 2 aromatic carbocycles. The second-order valence-corrected chi connectivity index (χ2v) is 4.78. The van der Waals surface area contributed by atoms with Crippen LogP contribution in [0.2, 0.25) is 0 Å². The average Bonchev–Trinajstić information content (AvgIpc) is 2.46. The molecule has 20 heavy (non-hydrogen) atoms. The number of carboxylic acids is 1. The van der Waals surface area contributed by atoms with E-state index in [2.05, 4.69) is 0 Å². The molecular formula is C17H18O3. The van der Waals surface area contributed by atoms with E-state index in [9.17, 15) is 4.79 Å². The van der Waals surface area contributed by atoms with Crippen LogP contribution in [0.1, 0.15) is 29.3 Å². The molecular weight excluding hydrogens is 252 g/mol. The fourth-order valence-electron chi connectivity index (χ4n) is 1.97. The lowest BCUT2D eigenvalue weighted by Gasteiger charge is -2.14. The van der Waals surface area contributed by atoms with Crippen LogP contribution in [0.4, 0.5) is 0 Å². The van der Waals surface area contributed by atoms with Crippen LogP contribution in [0, 0.1) is 0 Å². The first-order valence-electron chi connectivity index (χ1n) is 6.69. The maximum Gasteiger partial charge on any atom is 0.335 e. The van der Waals surface area contributed by atoms with E-state index in [1.807, 2.05) is 49.4 Å². The van der Waals surface area contributed by atoms with Crippen LogP contribution >= 0.6 is 0 Å². The Hall–Kier alpha value is -2.29. The number of carbonyl (C=O) groups is 1. The van der Waals surface area contributed by atoms with Crippen molar-refractivity contribution in [2.24, 2.45) is 0 Å². The molecule has 3 nitrogen and oxygen atoms in total. The molecule has 1 N–H and O–H groups in total. The van der Waals surface area contributed by atoms with Gasteiger partial charge in [-0.25, -0.2) is 4.79 Å². The van der Waals surface area contributed by atoms with Crippen LogP contribution in [0.15, 0.2) is 54.6 Å². The highest BCUT2D eigenvalue weighted by Crippen LogP contribution is 2.14.